The van der Waals surface area contributed by atoms with E-state index in [9.17, 15) is 4.79 Å². The van der Waals surface area contributed by atoms with E-state index in [4.69, 9.17) is 0 Å². The molecule has 12 heavy (non-hydrogen) atoms. The summed E-state index contributed by atoms with van der Waals surface area (Å²) < 4.78 is 0.938. The van der Waals surface area contributed by atoms with Crippen LogP contribution in [0.5, 0.6) is 0 Å². The number of benzene rings is 1. The average molecular weight is 245 g/mol. The van der Waals surface area contributed by atoms with Crippen molar-refractivity contribution < 1.29 is 4.79 Å². The third kappa shape index (κ3) is 2.35. The zero-order chi connectivity index (χ0) is 9.14. The van der Waals surface area contributed by atoms with Crippen LogP contribution in [-0.2, 0) is 0 Å². The summed E-state index contributed by atoms with van der Waals surface area (Å²) in [7, 11) is 0. The van der Waals surface area contributed by atoms with Gasteiger partial charge in [-0.05, 0) is 30.7 Å². The number of carbonyl (C=O) groups is 1. The van der Waals surface area contributed by atoms with Gasteiger partial charge in [0.15, 0.2) is 5.78 Å². The van der Waals surface area contributed by atoms with Crippen molar-refractivity contribution in [2.75, 3.05) is 5.75 Å². The molecule has 1 aromatic carbocycles. The van der Waals surface area contributed by atoms with Crippen LogP contribution < -0.4 is 0 Å². The predicted molar refractivity (Wildman–Crippen MR) is 57.1 cm³/mol. The summed E-state index contributed by atoms with van der Waals surface area (Å²) in [5.74, 6) is 0.318. The lowest BCUT2D eigenvalue weighted by atomic mass is 10.1. The molecule has 0 unspecified atom stereocenters. The molecule has 1 rings (SSSR count). The summed E-state index contributed by atoms with van der Waals surface area (Å²) in [5.41, 5.74) is 1.80. The van der Waals surface area contributed by atoms with Gasteiger partial charge >= 0.3 is 0 Å². The van der Waals surface area contributed by atoms with E-state index in [0.29, 0.717) is 0 Å². The number of ketones is 1. The Labute approximate surface area is 85.7 Å². The van der Waals surface area contributed by atoms with Crippen molar-refractivity contribution in [2.24, 2.45) is 0 Å². The minimum absolute atomic E-state index is 0.0581. The van der Waals surface area contributed by atoms with Gasteiger partial charge in [-0.1, -0.05) is 15.9 Å². The fraction of sp³-hybridized carbons (Fsp3) is 0.222. The standard InChI is InChI=1S/C9H9BrOS/c1-6-2-7(9(11)5-12)4-8(10)3-6/h2-4,12H,5H2,1H3. The molecular formula is C9H9BrOS. The molecule has 0 aliphatic heterocycles. The van der Waals surface area contributed by atoms with E-state index in [1.54, 1.807) is 0 Å². The minimum Gasteiger partial charge on any atom is -0.293 e. The molecule has 0 amide bonds. The molecule has 0 aromatic heterocycles. The third-order valence-electron chi connectivity index (χ3n) is 1.51. The normalized spacial score (nSPS) is 9.92. The van der Waals surface area contributed by atoms with Crippen molar-refractivity contribution in [2.45, 2.75) is 6.92 Å². The van der Waals surface area contributed by atoms with Crippen LogP contribution in [0.4, 0.5) is 0 Å². The molecule has 1 aromatic rings. The van der Waals surface area contributed by atoms with Gasteiger partial charge in [0.25, 0.3) is 0 Å². The van der Waals surface area contributed by atoms with Crippen LogP contribution in [-0.4, -0.2) is 11.5 Å². The van der Waals surface area contributed by atoms with Crippen LogP contribution in [0.3, 0.4) is 0 Å². The number of Topliss-reactive ketones (excluding diaryl/α,β-unsaturated/α-hetero) is 1. The number of aryl methyl sites for hydroxylation is 1. The molecule has 3 heteroatoms. The molecule has 0 fully saturated rings. The largest absolute Gasteiger partial charge is 0.293 e. The molecule has 0 saturated heterocycles. The molecule has 64 valence electrons. The summed E-state index contributed by atoms with van der Waals surface area (Å²) >= 11 is 7.26. The third-order valence-corrected chi connectivity index (χ3v) is 2.25. The van der Waals surface area contributed by atoms with Crippen molar-refractivity contribution in [3.05, 3.63) is 33.8 Å². The maximum Gasteiger partial charge on any atom is 0.172 e. The van der Waals surface area contributed by atoms with E-state index in [0.717, 1.165) is 15.6 Å². The molecule has 0 N–H and O–H groups in total. The van der Waals surface area contributed by atoms with Crippen LogP contribution in [0.25, 0.3) is 0 Å². The number of carbonyl (C=O) groups excluding carboxylic acids is 1. The highest BCUT2D eigenvalue weighted by Crippen LogP contribution is 2.15. The lowest BCUT2D eigenvalue weighted by molar-refractivity contribution is 0.102. The summed E-state index contributed by atoms with van der Waals surface area (Å²) in [6, 6.07) is 5.64. The zero-order valence-electron chi connectivity index (χ0n) is 6.67. The Morgan fingerprint density at radius 2 is 2.17 bits per heavy atom. The fourth-order valence-electron chi connectivity index (χ4n) is 0.989. The number of halogens is 1. The van der Waals surface area contributed by atoms with Gasteiger partial charge in [-0.25, -0.2) is 0 Å². The molecular weight excluding hydrogens is 236 g/mol. The fourth-order valence-corrected chi connectivity index (χ4v) is 1.78. The Kier molecular flexibility index (Phi) is 3.35. The highest BCUT2D eigenvalue weighted by molar-refractivity contribution is 9.10. The van der Waals surface area contributed by atoms with Gasteiger partial charge in [0, 0.05) is 10.0 Å². The van der Waals surface area contributed by atoms with Crippen molar-refractivity contribution in [3.63, 3.8) is 0 Å². The Balaban J connectivity index is 3.08. The first-order valence-corrected chi connectivity index (χ1v) is 4.97. The Morgan fingerprint density at radius 3 is 2.67 bits per heavy atom. The minimum atomic E-state index is 0.0581. The number of rotatable bonds is 2. The molecule has 0 aliphatic rings. The van der Waals surface area contributed by atoms with E-state index >= 15 is 0 Å². The lowest BCUT2D eigenvalue weighted by Crippen LogP contribution is -2.00. The number of hydrogen-bond donors (Lipinski definition) is 1. The van der Waals surface area contributed by atoms with E-state index < -0.39 is 0 Å². The van der Waals surface area contributed by atoms with Crippen LogP contribution in [0.2, 0.25) is 0 Å². The highest BCUT2D eigenvalue weighted by atomic mass is 79.9. The van der Waals surface area contributed by atoms with E-state index in [1.165, 1.54) is 0 Å². The lowest BCUT2D eigenvalue weighted by Gasteiger charge is -2.00. The van der Waals surface area contributed by atoms with Gasteiger partial charge in [0.05, 0.1) is 5.75 Å². The molecule has 1 nitrogen and oxygen atoms in total. The van der Waals surface area contributed by atoms with E-state index in [-0.39, 0.29) is 11.5 Å². The maximum absolute atomic E-state index is 11.2. The van der Waals surface area contributed by atoms with Gasteiger partial charge in [-0.15, -0.1) is 0 Å². The van der Waals surface area contributed by atoms with Crippen LogP contribution in [0, 0.1) is 6.92 Å². The zero-order valence-corrected chi connectivity index (χ0v) is 9.15. The van der Waals surface area contributed by atoms with Gasteiger partial charge < -0.3 is 0 Å². The molecule has 0 saturated carbocycles. The SMILES string of the molecule is Cc1cc(Br)cc(C(=O)CS)c1. The van der Waals surface area contributed by atoms with Crippen molar-refractivity contribution in [1.82, 2.24) is 0 Å². The van der Waals surface area contributed by atoms with Crippen LogP contribution >= 0.6 is 28.6 Å². The van der Waals surface area contributed by atoms with Crippen LogP contribution in [0.1, 0.15) is 15.9 Å². The van der Waals surface area contributed by atoms with Gasteiger partial charge in [0.2, 0.25) is 0 Å². The van der Waals surface area contributed by atoms with Crippen LogP contribution in [0.15, 0.2) is 22.7 Å². The first-order chi connectivity index (χ1) is 5.63. The Bertz CT molecular complexity index is 289. The molecule has 0 bridgehead atoms. The number of thiol groups is 1. The van der Waals surface area contributed by atoms with Crippen molar-refractivity contribution in [3.8, 4) is 0 Å². The molecule has 0 atom stereocenters. The summed E-state index contributed by atoms with van der Waals surface area (Å²) in [5, 5.41) is 0. The topological polar surface area (TPSA) is 17.1 Å². The first kappa shape index (κ1) is 9.81. The van der Waals surface area contributed by atoms with E-state index in [1.807, 2.05) is 25.1 Å². The summed E-state index contributed by atoms with van der Waals surface area (Å²) in [4.78, 5) is 11.2. The van der Waals surface area contributed by atoms with Gasteiger partial charge in [0.1, 0.15) is 0 Å². The molecule has 0 heterocycles. The number of hydrogen-bond acceptors (Lipinski definition) is 2. The second-order valence-corrected chi connectivity index (χ2v) is 3.83. The Morgan fingerprint density at radius 1 is 1.50 bits per heavy atom. The van der Waals surface area contributed by atoms with Gasteiger partial charge in [-0.2, -0.15) is 12.6 Å². The smallest absolute Gasteiger partial charge is 0.172 e. The maximum atomic E-state index is 11.2. The first-order valence-electron chi connectivity index (χ1n) is 3.54. The van der Waals surface area contributed by atoms with Crippen molar-refractivity contribution in [1.29, 1.82) is 0 Å². The monoisotopic (exact) mass is 244 g/mol. The highest BCUT2D eigenvalue weighted by Gasteiger charge is 2.04. The predicted octanol–water partition coefficient (Wildman–Crippen LogP) is 2.87. The summed E-state index contributed by atoms with van der Waals surface area (Å²) in [6.07, 6.45) is 0. The molecule has 0 radical (unpaired) electrons. The quantitative estimate of drug-likeness (QED) is 0.626. The van der Waals surface area contributed by atoms with Gasteiger partial charge in [-0.3, -0.25) is 4.79 Å². The molecule has 0 spiro atoms. The summed E-state index contributed by atoms with van der Waals surface area (Å²) in [6.45, 7) is 1.96. The average Bonchev–Trinajstić information content (AvgIpc) is 2.01. The second-order valence-electron chi connectivity index (χ2n) is 2.60. The second kappa shape index (κ2) is 4.10. The van der Waals surface area contributed by atoms with E-state index in [2.05, 4.69) is 28.6 Å². The molecule has 0 aliphatic carbocycles. The van der Waals surface area contributed by atoms with Crippen molar-refractivity contribution >= 4 is 34.3 Å². The Hall–Kier alpha value is -0.280.